The van der Waals surface area contributed by atoms with E-state index in [9.17, 15) is 9.59 Å². The minimum absolute atomic E-state index is 0.195. The van der Waals surface area contributed by atoms with Gasteiger partial charge in [0, 0.05) is 11.6 Å². The lowest BCUT2D eigenvalue weighted by Crippen LogP contribution is -2.27. The zero-order valence-electron chi connectivity index (χ0n) is 15.5. The summed E-state index contributed by atoms with van der Waals surface area (Å²) in [5.74, 6) is 0.833. The van der Waals surface area contributed by atoms with Crippen LogP contribution in [0, 0.1) is 3.57 Å². The van der Waals surface area contributed by atoms with Gasteiger partial charge < -0.3 is 9.47 Å². The van der Waals surface area contributed by atoms with Crippen molar-refractivity contribution in [2.24, 2.45) is 0 Å². The molecule has 0 saturated carbocycles. The molecule has 0 radical (unpaired) electrons. The molecule has 150 valence electrons. The van der Waals surface area contributed by atoms with Crippen molar-refractivity contribution in [3.63, 3.8) is 0 Å². The molecular formula is C21H17ClINO4S. The molecule has 0 bridgehead atoms. The summed E-state index contributed by atoms with van der Waals surface area (Å²) in [5.41, 5.74) is 1.72. The van der Waals surface area contributed by atoms with E-state index in [0.29, 0.717) is 28.0 Å². The molecule has 1 saturated heterocycles. The Morgan fingerprint density at radius 1 is 1.24 bits per heavy atom. The van der Waals surface area contributed by atoms with Gasteiger partial charge in [0.15, 0.2) is 11.5 Å². The van der Waals surface area contributed by atoms with Crippen LogP contribution in [0.5, 0.6) is 11.5 Å². The van der Waals surface area contributed by atoms with Gasteiger partial charge in [-0.25, -0.2) is 0 Å². The molecule has 2 aromatic carbocycles. The first-order valence-electron chi connectivity index (χ1n) is 8.54. The number of benzene rings is 2. The van der Waals surface area contributed by atoms with Crippen molar-refractivity contribution in [3.8, 4) is 11.5 Å². The summed E-state index contributed by atoms with van der Waals surface area (Å²) in [7, 11) is 1.56. The third-order valence-corrected chi connectivity index (χ3v) is 5.99. The standard InChI is InChI=1S/C21H17ClINO4S/c1-3-8-24-20(25)18(29-21(24)26)11-14-9-16(23)19(17(10-14)27-2)28-12-13-4-6-15(22)7-5-13/h3-7,9-11H,1,8,12H2,2H3/b18-11-. The van der Waals surface area contributed by atoms with Gasteiger partial charge in [-0.3, -0.25) is 14.5 Å². The molecule has 29 heavy (non-hydrogen) atoms. The normalized spacial score (nSPS) is 15.1. The number of ether oxygens (including phenoxy) is 2. The van der Waals surface area contributed by atoms with Crippen LogP contribution in [0.4, 0.5) is 4.79 Å². The molecular weight excluding hydrogens is 525 g/mol. The highest BCUT2D eigenvalue weighted by molar-refractivity contribution is 14.1. The number of hydrogen-bond acceptors (Lipinski definition) is 5. The molecule has 5 nitrogen and oxygen atoms in total. The topological polar surface area (TPSA) is 55.8 Å². The Balaban J connectivity index is 1.83. The van der Waals surface area contributed by atoms with Crippen molar-refractivity contribution in [2.45, 2.75) is 6.61 Å². The number of imide groups is 1. The molecule has 2 amide bonds. The first kappa shape index (κ1) is 21.7. The molecule has 0 aromatic heterocycles. The van der Waals surface area contributed by atoms with E-state index in [4.69, 9.17) is 21.1 Å². The molecule has 0 spiro atoms. The maximum atomic E-state index is 12.4. The number of methoxy groups -OCH3 is 1. The van der Waals surface area contributed by atoms with E-state index in [0.717, 1.165) is 31.4 Å². The Morgan fingerprint density at radius 2 is 1.97 bits per heavy atom. The highest BCUT2D eigenvalue weighted by atomic mass is 127. The average Bonchev–Trinajstić information content (AvgIpc) is 2.96. The molecule has 1 aliphatic rings. The number of amides is 2. The van der Waals surface area contributed by atoms with Crippen molar-refractivity contribution in [1.82, 2.24) is 4.90 Å². The fraction of sp³-hybridized carbons (Fsp3) is 0.143. The van der Waals surface area contributed by atoms with Gasteiger partial charge in [-0.15, -0.1) is 6.58 Å². The molecule has 0 aliphatic carbocycles. The fourth-order valence-corrected chi connectivity index (χ4v) is 4.39. The molecule has 1 aliphatic heterocycles. The van der Waals surface area contributed by atoms with Crippen LogP contribution in [-0.2, 0) is 11.4 Å². The molecule has 2 aromatic rings. The Hall–Kier alpha value is -1.97. The van der Waals surface area contributed by atoms with Gasteiger partial charge in [0.2, 0.25) is 0 Å². The molecule has 3 rings (SSSR count). The maximum absolute atomic E-state index is 12.4. The lowest BCUT2D eigenvalue weighted by molar-refractivity contribution is -0.122. The smallest absolute Gasteiger partial charge is 0.293 e. The van der Waals surface area contributed by atoms with E-state index in [1.165, 1.54) is 6.08 Å². The molecule has 0 atom stereocenters. The van der Waals surface area contributed by atoms with E-state index in [2.05, 4.69) is 29.2 Å². The van der Waals surface area contributed by atoms with Crippen LogP contribution in [0.2, 0.25) is 5.02 Å². The van der Waals surface area contributed by atoms with Gasteiger partial charge >= 0.3 is 0 Å². The SMILES string of the molecule is C=CCN1C(=O)S/C(=C\c2cc(I)c(OCc3ccc(Cl)cc3)c(OC)c2)C1=O. The molecule has 0 N–H and O–H groups in total. The summed E-state index contributed by atoms with van der Waals surface area (Å²) in [6.45, 7) is 4.14. The molecule has 8 heteroatoms. The number of halogens is 2. The largest absolute Gasteiger partial charge is 0.493 e. The summed E-state index contributed by atoms with van der Waals surface area (Å²) in [6, 6.07) is 11.1. The third kappa shape index (κ3) is 5.15. The zero-order valence-corrected chi connectivity index (χ0v) is 19.2. The Bertz CT molecular complexity index is 991. The van der Waals surface area contributed by atoms with Crippen molar-refractivity contribution in [1.29, 1.82) is 0 Å². The number of nitrogens with zero attached hydrogens (tertiary/aromatic N) is 1. The van der Waals surface area contributed by atoms with E-state index in [1.54, 1.807) is 19.3 Å². The van der Waals surface area contributed by atoms with Gasteiger partial charge in [0.25, 0.3) is 11.1 Å². The van der Waals surface area contributed by atoms with Crippen LogP contribution < -0.4 is 9.47 Å². The summed E-state index contributed by atoms with van der Waals surface area (Å²) < 4.78 is 12.3. The highest BCUT2D eigenvalue weighted by Gasteiger charge is 2.34. The fourth-order valence-electron chi connectivity index (χ4n) is 2.64. The monoisotopic (exact) mass is 541 g/mol. The zero-order chi connectivity index (χ0) is 21.0. The number of rotatable bonds is 7. The van der Waals surface area contributed by atoms with Gasteiger partial charge in [-0.1, -0.05) is 29.8 Å². The van der Waals surface area contributed by atoms with Gasteiger partial charge in [-0.05, 0) is 75.8 Å². The predicted octanol–water partition coefficient (Wildman–Crippen LogP) is 5.75. The first-order valence-corrected chi connectivity index (χ1v) is 10.8. The summed E-state index contributed by atoms with van der Waals surface area (Å²) >= 11 is 8.99. The third-order valence-electron chi connectivity index (χ3n) is 4.03. The second-order valence-electron chi connectivity index (χ2n) is 6.03. The summed E-state index contributed by atoms with van der Waals surface area (Å²) in [4.78, 5) is 25.9. The van der Waals surface area contributed by atoms with E-state index < -0.39 is 0 Å². The Kier molecular flexibility index (Phi) is 7.26. The van der Waals surface area contributed by atoms with Crippen LogP contribution in [0.3, 0.4) is 0 Å². The highest BCUT2D eigenvalue weighted by Crippen LogP contribution is 2.37. The van der Waals surface area contributed by atoms with Crippen LogP contribution in [0.25, 0.3) is 6.08 Å². The van der Waals surface area contributed by atoms with Crippen molar-refractivity contribution >= 4 is 63.2 Å². The second-order valence-corrected chi connectivity index (χ2v) is 8.62. The lowest BCUT2D eigenvalue weighted by atomic mass is 10.1. The first-order chi connectivity index (χ1) is 13.9. The van der Waals surface area contributed by atoms with Crippen LogP contribution in [0.1, 0.15) is 11.1 Å². The van der Waals surface area contributed by atoms with E-state index in [1.807, 2.05) is 30.3 Å². The summed E-state index contributed by atoms with van der Waals surface area (Å²) in [6.07, 6.45) is 3.21. The minimum atomic E-state index is -0.322. The Labute approximate surface area is 191 Å². The van der Waals surface area contributed by atoms with E-state index >= 15 is 0 Å². The number of hydrogen-bond donors (Lipinski definition) is 0. The second kappa shape index (κ2) is 9.69. The van der Waals surface area contributed by atoms with Crippen molar-refractivity contribution in [3.05, 3.63) is 73.7 Å². The lowest BCUT2D eigenvalue weighted by Gasteiger charge is -2.14. The number of carbonyl (C=O) groups excluding carboxylic acids is 2. The number of thioether (sulfide) groups is 1. The minimum Gasteiger partial charge on any atom is -0.493 e. The maximum Gasteiger partial charge on any atom is 0.293 e. The predicted molar refractivity (Wildman–Crippen MR) is 124 cm³/mol. The molecule has 1 heterocycles. The van der Waals surface area contributed by atoms with Gasteiger partial charge in [0.05, 0.1) is 15.6 Å². The van der Waals surface area contributed by atoms with Crippen LogP contribution in [-0.4, -0.2) is 29.7 Å². The van der Waals surface area contributed by atoms with Crippen LogP contribution >= 0.6 is 46.0 Å². The molecule has 0 unspecified atom stereocenters. The van der Waals surface area contributed by atoms with Gasteiger partial charge in [0.1, 0.15) is 6.61 Å². The van der Waals surface area contributed by atoms with Gasteiger partial charge in [-0.2, -0.15) is 0 Å². The average molecular weight is 542 g/mol. The van der Waals surface area contributed by atoms with Crippen LogP contribution in [0.15, 0.2) is 54.0 Å². The van der Waals surface area contributed by atoms with E-state index in [-0.39, 0.29) is 17.7 Å². The quantitative estimate of drug-likeness (QED) is 0.254. The summed E-state index contributed by atoms with van der Waals surface area (Å²) in [5, 5.41) is 0.369. The van der Waals surface area contributed by atoms with Crippen molar-refractivity contribution in [2.75, 3.05) is 13.7 Å². The molecule has 1 fully saturated rings. The number of carbonyl (C=O) groups is 2. The van der Waals surface area contributed by atoms with Crippen molar-refractivity contribution < 1.29 is 19.1 Å². The Morgan fingerprint density at radius 3 is 2.62 bits per heavy atom.